The largest absolute Gasteiger partial charge is 0.490 e. The molecule has 2 aromatic carbocycles. The van der Waals surface area contributed by atoms with E-state index in [1.807, 2.05) is 25.2 Å². The van der Waals surface area contributed by atoms with Gasteiger partial charge in [0.25, 0.3) is 10.0 Å². The molecular formula is C24H22ClN5O4S. The van der Waals surface area contributed by atoms with Gasteiger partial charge >= 0.3 is 0 Å². The van der Waals surface area contributed by atoms with E-state index in [0.29, 0.717) is 28.2 Å². The predicted octanol–water partition coefficient (Wildman–Crippen LogP) is 4.20. The molecule has 1 aliphatic heterocycles. The molecule has 0 amide bonds. The molecule has 0 unspecified atom stereocenters. The lowest BCUT2D eigenvalue weighted by Crippen LogP contribution is -2.28. The second-order valence-corrected chi connectivity index (χ2v) is 10.2. The molecule has 1 aliphatic rings. The van der Waals surface area contributed by atoms with Crippen LogP contribution in [-0.4, -0.2) is 43.6 Å². The Kier molecular flexibility index (Phi) is 6.08. The van der Waals surface area contributed by atoms with Crippen molar-refractivity contribution >= 4 is 44.2 Å². The Hall–Kier alpha value is -3.63. The second kappa shape index (κ2) is 9.20. The number of ether oxygens (including phenoxy) is 2. The molecule has 4 aromatic rings. The van der Waals surface area contributed by atoms with Crippen molar-refractivity contribution in [2.75, 3.05) is 29.8 Å². The van der Waals surface area contributed by atoms with Crippen molar-refractivity contribution in [3.05, 3.63) is 71.1 Å². The average Bonchev–Trinajstić information content (AvgIpc) is 2.84. The van der Waals surface area contributed by atoms with Crippen LogP contribution in [0.3, 0.4) is 0 Å². The van der Waals surface area contributed by atoms with Crippen LogP contribution in [0.25, 0.3) is 11.0 Å². The summed E-state index contributed by atoms with van der Waals surface area (Å²) >= 11 is 6.15. The first-order chi connectivity index (χ1) is 16.8. The lowest BCUT2D eigenvalue weighted by Gasteiger charge is -2.28. The SMILES string of the molecule is Cc1c(Cl)cccc1S(=O)(=O)Nc1nc2ncncc2cc1OCc1ccc2c(c1)OCCN2C. The summed E-state index contributed by atoms with van der Waals surface area (Å²) in [6, 6.07) is 12.2. The van der Waals surface area contributed by atoms with Crippen LogP contribution in [0.2, 0.25) is 5.02 Å². The van der Waals surface area contributed by atoms with Crippen LogP contribution in [0.4, 0.5) is 11.5 Å². The number of fused-ring (bicyclic) bond motifs is 2. The summed E-state index contributed by atoms with van der Waals surface area (Å²) in [5.41, 5.74) is 2.64. The van der Waals surface area contributed by atoms with Crippen LogP contribution in [0, 0.1) is 6.92 Å². The summed E-state index contributed by atoms with van der Waals surface area (Å²) in [7, 11) is -1.99. The maximum atomic E-state index is 13.2. The van der Waals surface area contributed by atoms with Gasteiger partial charge in [0.15, 0.2) is 17.2 Å². The third-order valence-electron chi connectivity index (χ3n) is 5.71. The van der Waals surface area contributed by atoms with E-state index >= 15 is 0 Å². The van der Waals surface area contributed by atoms with Crippen molar-refractivity contribution in [2.45, 2.75) is 18.4 Å². The molecule has 0 saturated heterocycles. The Morgan fingerprint density at radius 3 is 2.94 bits per heavy atom. The maximum absolute atomic E-state index is 13.2. The van der Waals surface area contributed by atoms with E-state index in [-0.39, 0.29) is 23.1 Å². The number of sulfonamides is 1. The number of nitrogens with one attached hydrogen (secondary N) is 1. The molecule has 11 heteroatoms. The molecule has 3 heterocycles. The van der Waals surface area contributed by atoms with E-state index in [1.165, 1.54) is 12.4 Å². The molecule has 5 rings (SSSR count). The van der Waals surface area contributed by atoms with Crippen LogP contribution in [-0.2, 0) is 16.6 Å². The highest BCUT2D eigenvalue weighted by atomic mass is 35.5. The molecule has 2 aromatic heterocycles. The first kappa shape index (κ1) is 23.1. The van der Waals surface area contributed by atoms with Gasteiger partial charge in [0, 0.05) is 23.7 Å². The minimum atomic E-state index is -4.00. The van der Waals surface area contributed by atoms with Crippen molar-refractivity contribution in [2.24, 2.45) is 0 Å². The molecule has 9 nitrogen and oxygen atoms in total. The van der Waals surface area contributed by atoms with Crippen LogP contribution >= 0.6 is 11.6 Å². The molecule has 0 atom stereocenters. The molecule has 0 fully saturated rings. The lowest BCUT2D eigenvalue weighted by molar-refractivity contribution is 0.298. The standard InChI is InChI=1S/C24H22ClN5O4S/c1-15-18(25)4-3-5-22(15)35(31,32)29-24-21(11-17-12-26-14-27-23(17)28-24)34-13-16-6-7-19-20(10-16)33-9-8-30(19)2/h3-7,10-12,14H,8-9,13H2,1-2H3,(H,26,27,28,29). The second-order valence-electron chi connectivity index (χ2n) is 8.10. The zero-order chi connectivity index (χ0) is 24.6. The number of hydrogen-bond acceptors (Lipinski definition) is 8. The van der Waals surface area contributed by atoms with Gasteiger partial charge in [-0.2, -0.15) is 0 Å². The highest BCUT2D eigenvalue weighted by molar-refractivity contribution is 7.92. The number of likely N-dealkylation sites (N-methyl/N-ethyl adjacent to an activating group) is 1. The number of pyridine rings is 1. The molecule has 0 saturated carbocycles. The molecule has 35 heavy (non-hydrogen) atoms. The van der Waals surface area contributed by atoms with E-state index in [1.54, 1.807) is 31.3 Å². The van der Waals surface area contributed by atoms with Crippen molar-refractivity contribution in [1.82, 2.24) is 15.0 Å². The lowest BCUT2D eigenvalue weighted by atomic mass is 10.1. The van der Waals surface area contributed by atoms with Gasteiger partial charge in [0.05, 0.1) is 17.1 Å². The minimum Gasteiger partial charge on any atom is -0.490 e. The predicted molar refractivity (Wildman–Crippen MR) is 134 cm³/mol. The van der Waals surface area contributed by atoms with Crippen molar-refractivity contribution in [1.29, 1.82) is 0 Å². The number of benzene rings is 2. The topological polar surface area (TPSA) is 107 Å². The molecule has 180 valence electrons. The molecular weight excluding hydrogens is 490 g/mol. The fourth-order valence-electron chi connectivity index (χ4n) is 3.80. The molecule has 0 spiro atoms. The Morgan fingerprint density at radius 1 is 1.23 bits per heavy atom. The monoisotopic (exact) mass is 511 g/mol. The first-order valence-electron chi connectivity index (χ1n) is 10.8. The summed E-state index contributed by atoms with van der Waals surface area (Å²) in [6.45, 7) is 3.25. The highest BCUT2D eigenvalue weighted by Gasteiger charge is 2.22. The fourth-order valence-corrected chi connectivity index (χ4v) is 5.31. The first-order valence-corrected chi connectivity index (χ1v) is 12.7. The zero-order valence-corrected chi connectivity index (χ0v) is 20.6. The van der Waals surface area contributed by atoms with Crippen LogP contribution in [0.5, 0.6) is 11.5 Å². The van der Waals surface area contributed by atoms with Gasteiger partial charge in [0.1, 0.15) is 25.3 Å². The summed E-state index contributed by atoms with van der Waals surface area (Å²) in [6.07, 6.45) is 2.93. The Labute approximate surface area is 207 Å². The van der Waals surface area contributed by atoms with Crippen molar-refractivity contribution < 1.29 is 17.9 Å². The highest BCUT2D eigenvalue weighted by Crippen LogP contribution is 2.34. The Morgan fingerprint density at radius 2 is 2.09 bits per heavy atom. The quantitative estimate of drug-likeness (QED) is 0.410. The zero-order valence-electron chi connectivity index (χ0n) is 19.0. The number of anilines is 2. The van der Waals surface area contributed by atoms with Gasteiger partial charge < -0.3 is 14.4 Å². The molecule has 0 radical (unpaired) electrons. The van der Waals surface area contributed by atoms with Gasteiger partial charge in [-0.3, -0.25) is 4.72 Å². The van der Waals surface area contributed by atoms with E-state index in [9.17, 15) is 8.42 Å². The van der Waals surface area contributed by atoms with Crippen LogP contribution in [0.15, 0.2) is 59.9 Å². The van der Waals surface area contributed by atoms with E-state index in [0.717, 1.165) is 23.5 Å². The third kappa shape index (κ3) is 4.67. The summed E-state index contributed by atoms with van der Waals surface area (Å²) in [5.74, 6) is 1.04. The summed E-state index contributed by atoms with van der Waals surface area (Å²) in [4.78, 5) is 14.7. The molecule has 1 N–H and O–H groups in total. The number of hydrogen-bond donors (Lipinski definition) is 1. The number of aromatic nitrogens is 3. The van der Waals surface area contributed by atoms with Crippen molar-refractivity contribution in [3.8, 4) is 11.5 Å². The van der Waals surface area contributed by atoms with Crippen LogP contribution in [0.1, 0.15) is 11.1 Å². The third-order valence-corrected chi connectivity index (χ3v) is 7.60. The van der Waals surface area contributed by atoms with Gasteiger partial charge in [-0.1, -0.05) is 23.7 Å². The Bertz CT molecular complexity index is 1530. The number of rotatable bonds is 6. The smallest absolute Gasteiger partial charge is 0.263 e. The van der Waals surface area contributed by atoms with E-state index in [2.05, 4.69) is 24.6 Å². The van der Waals surface area contributed by atoms with E-state index < -0.39 is 10.0 Å². The fraction of sp³-hybridized carbons (Fsp3) is 0.208. The minimum absolute atomic E-state index is 0.0181. The molecule has 0 aliphatic carbocycles. The van der Waals surface area contributed by atoms with E-state index in [4.69, 9.17) is 21.1 Å². The van der Waals surface area contributed by atoms with Gasteiger partial charge in [-0.15, -0.1) is 0 Å². The number of halogens is 1. The average molecular weight is 512 g/mol. The van der Waals surface area contributed by atoms with Crippen molar-refractivity contribution in [3.63, 3.8) is 0 Å². The maximum Gasteiger partial charge on any atom is 0.263 e. The van der Waals surface area contributed by atoms with Gasteiger partial charge in [0.2, 0.25) is 0 Å². The van der Waals surface area contributed by atoms with Gasteiger partial charge in [-0.25, -0.2) is 23.4 Å². The summed E-state index contributed by atoms with van der Waals surface area (Å²) < 4.78 is 40.8. The van der Waals surface area contributed by atoms with Crippen LogP contribution < -0.4 is 19.1 Å². The summed E-state index contributed by atoms with van der Waals surface area (Å²) in [5, 5.41) is 0.962. The number of nitrogens with zero attached hydrogens (tertiary/aromatic N) is 4. The normalized spacial score (nSPS) is 13.3. The molecule has 0 bridgehead atoms. The van der Waals surface area contributed by atoms with Gasteiger partial charge in [-0.05, 0) is 48.4 Å². The Balaban J connectivity index is 1.48.